The average Bonchev–Trinajstić information content (AvgIpc) is 3.00. The molecule has 2 fully saturated rings. The van der Waals surface area contributed by atoms with Gasteiger partial charge in [0.25, 0.3) is 0 Å². The number of benzene rings is 1. The second kappa shape index (κ2) is 4.00. The predicted molar refractivity (Wildman–Crippen MR) is 76.5 cm³/mol. The summed E-state index contributed by atoms with van der Waals surface area (Å²) < 4.78 is 0. The minimum absolute atomic E-state index is 0.174. The first-order chi connectivity index (χ1) is 9.13. The predicted octanol–water partition coefficient (Wildman–Crippen LogP) is 3.78. The fourth-order valence-corrected chi connectivity index (χ4v) is 4.46. The second-order valence-corrected chi connectivity index (χ2v) is 6.59. The van der Waals surface area contributed by atoms with E-state index in [0.717, 1.165) is 18.7 Å². The SMILES string of the molecule is O=C1[C@@H]2[C@H](CN1c1cc(Cl)cc(Cl)c1)[C@@H]1C=C[C@H]2C1. The standard InChI is InChI=1S/C15H13Cl2NO/c16-10-4-11(17)6-12(5-10)18-7-13-8-1-2-9(3-8)14(13)15(18)19/h1-2,4-6,8-9,13-14H,3,7H2/t8-,9+,13-,14+/m1/s1. The summed E-state index contributed by atoms with van der Waals surface area (Å²) in [5, 5.41) is 1.15. The van der Waals surface area contributed by atoms with Crippen LogP contribution in [-0.4, -0.2) is 12.5 Å². The Morgan fingerprint density at radius 2 is 1.74 bits per heavy atom. The number of fused-ring (bicyclic) bond motifs is 5. The average molecular weight is 294 g/mol. The van der Waals surface area contributed by atoms with Crippen LogP contribution in [0.3, 0.4) is 0 Å². The summed E-state index contributed by atoms with van der Waals surface area (Å²) in [4.78, 5) is 14.5. The van der Waals surface area contributed by atoms with Crippen LogP contribution in [0.25, 0.3) is 0 Å². The van der Waals surface area contributed by atoms with Crippen molar-refractivity contribution in [1.29, 1.82) is 0 Å². The molecule has 4 rings (SSSR count). The van der Waals surface area contributed by atoms with Gasteiger partial charge >= 0.3 is 0 Å². The maximum absolute atomic E-state index is 12.6. The highest BCUT2D eigenvalue weighted by Gasteiger charge is 2.54. The maximum atomic E-state index is 12.6. The van der Waals surface area contributed by atoms with Gasteiger partial charge in [0.2, 0.25) is 5.91 Å². The zero-order valence-electron chi connectivity index (χ0n) is 10.2. The van der Waals surface area contributed by atoms with Crippen molar-refractivity contribution in [2.75, 3.05) is 11.4 Å². The molecule has 1 amide bonds. The normalized spacial score (nSPS) is 35.3. The number of nitrogens with zero attached hydrogens (tertiary/aromatic N) is 1. The fourth-order valence-electron chi connectivity index (χ4n) is 3.95. The lowest BCUT2D eigenvalue weighted by atomic mass is 9.86. The second-order valence-electron chi connectivity index (χ2n) is 5.71. The van der Waals surface area contributed by atoms with Crippen molar-refractivity contribution in [3.63, 3.8) is 0 Å². The summed E-state index contributed by atoms with van der Waals surface area (Å²) in [6, 6.07) is 5.34. The van der Waals surface area contributed by atoms with E-state index in [4.69, 9.17) is 23.2 Å². The van der Waals surface area contributed by atoms with Crippen LogP contribution < -0.4 is 4.90 Å². The van der Waals surface area contributed by atoms with E-state index >= 15 is 0 Å². The molecule has 4 atom stereocenters. The van der Waals surface area contributed by atoms with Gasteiger partial charge in [-0.25, -0.2) is 0 Å². The lowest BCUT2D eigenvalue weighted by molar-refractivity contribution is -0.121. The quantitative estimate of drug-likeness (QED) is 0.722. The summed E-state index contributed by atoms with van der Waals surface area (Å²) in [6.45, 7) is 0.797. The van der Waals surface area contributed by atoms with Crippen LogP contribution in [-0.2, 0) is 4.79 Å². The number of carbonyl (C=O) groups is 1. The summed E-state index contributed by atoms with van der Waals surface area (Å²) >= 11 is 12.1. The Morgan fingerprint density at radius 3 is 2.42 bits per heavy atom. The van der Waals surface area contributed by atoms with Crippen LogP contribution in [0.4, 0.5) is 5.69 Å². The highest BCUT2D eigenvalue weighted by Crippen LogP contribution is 2.52. The lowest BCUT2D eigenvalue weighted by Gasteiger charge is -2.19. The van der Waals surface area contributed by atoms with Crippen molar-refractivity contribution >= 4 is 34.8 Å². The van der Waals surface area contributed by atoms with Gasteiger partial charge < -0.3 is 4.90 Å². The number of allylic oxidation sites excluding steroid dienone is 2. The van der Waals surface area contributed by atoms with E-state index < -0.39 is 0 Å². The van der Waals surface area contributed by atoms with E-state index in [1.165, 1.54) is 0 Å². The zero-order chi connectivity index (χ0) is 13.1. The van der Waals surface area contributed by atoms with E-state index in [0.29, 0.717) is 27.8 Å². The van der Waals surface area contributed by atoms with Crippen LogP contribution >= 0.6 is 23.2 Å². The summed E-state index contributed by atoms with van der Waals surface area (Å²) in [7, 11) is 0. The Bertz CT molecular complexity index is 578. The number of rotatable bonds is 1. The molecule has 0 aromatic heterocycles. The van der Waals surface area contributed by atoms with Gasteiger partial charge in [-0.05, 0) is 42.4 Å². The molecule has 4 heteroatoms. The van der Waals surface area contributed by atoms with Gasteiger partial charge in [0, 0.05) is 28.2 Å². The molecule has 1 aromatic rings. The Kier molecular flexibility index (Phi) is 2.49. The summed E-state index contributed by atoms with van der Waals surface area (Å²) in [5.41, 5.74) is 0.830. The molecule has 1 saturated carbocycles. The third-order valence-electron chi connectivity index (χ3n) is 4.73. The molecule has 1 aromatic carbocycles. The molecule has 2 aliphatic carbocycles. The molecule has 2 nitrogen and oxygen atoms in total. The molecule has 1 saturated heterocycles. The van der Waals surface area contributed by atoms with Crippen molar-refractivity contribution in [2.24, 2.45) is 23.7 Å². The van der Waals surface area contributed by atoms with Crippen LogP contribution in [0, 0.1) is 23.7 Å². The number of anilines is 1. The smallest absolute Gasteiger partial charge is 0.231 e. The zero-order valence-corrected chi connectivity index (χ0v) is 11.7. The number of carbonyl (C=O) groups excluding carboxylic acids is 1. The third kappa shape index (κ3) is 1.66. The van der Waals surface area contributed by atoms with Crippen molar-refractivity contribution in [1.82, 2.24) is 0 Å². The van der Waals surface area contributed by atoms with Gasteiger partial charge in [-0.3, -0.25) is 4.79 Å². The van der Waals surface area contributed by atoms with Crippen molar-refractivity contribution in [3.05, 3.63) is 40.4 Å². The first-order valence-corrected chi connectivity index (χ1v) is 7.35. The van der Waals surface area contributed by atoms with E-state index in [2.05, 4.69) is 12.2 Å². The Labute approximate surface area is 122 Å². The first kappa shape index (κ1) is 11.8. The van der Waals surface area contributed by atoms with E-state index in [-0.39, 0.29) is 11.8 Å². The molecule has 2 bridgehead atoms. The molecule has 0 radical (unpaired) electrons. The molecular formula is C15H13Cl2NO. The van der Waals surface area contributed by atoms with E-state index in [9.17, 15) is 4.79 Å². The van der Waals surface area contributed by atoms with Crippen LogP contribution in [0.5, 0.6) is 0 Å². The Hall–Kier alpha value is -0.990. The maximum Gasteiger partial charge on any atom is 0.231 e. The molecule has 3 aliphatic rings. The topological polar surface area (TPSA) is 20.3 Å². The van der Waals surface area contributed by atoms with Gasteiger partial charge in [0.15, 0.2) is 0 Å². The minimum atomic E-state index is 0.174. The van der Waals surface area contributed by atoms with Crippen molar-refractivity contribution in [3.8, 4) is 0 Å². The highest BCUT2D eigenvalue weighted by molar-refractivity contribution is 6.35. The van der Waals surface area contributed by atoms with Gasteiger partial charge in [-0.15, -0.1) is 0 Å². The number of amides is 1. The van der Waals surface area contributed by atoms with Gasteiger partial charge in [0.1, 0.15) is 0 Å². The van der Waals surface area contributed by atoms with Crippen LogP contribution in [0.15, 0.2) is 30.4 Å². The van der Waals surface area contributed by atoms with Gasteiger partial charge in [0.05, 0.1) is 0 Å². The van der Waals surface area contributed by atoms with E-state index in [1.807, 2.05) is 17.0 Å². The van der Waals surface area contributed by atoms with Crippen molar-refractivity contribution < 1.29 is 4.79 Å². The highest BCUT2D eigenvalue weighted by atomic mass is 35.5. The Balaban J connectivity index is 1.70. The first-order valence-electron chi connectivity index (χ1n) is 6.59. The number of hydrogen-bond donors (Lipinski definition) is 0. The molecule has 0 spiro atoms. The molecule has 1 heterocycles. The summed E-state index contributed by atoms with van der Waals surface area (Å²) in [6.07, 6.45) is 5.66. The van der Waals surface area contributed by atoms with Gasteiger partial charge in [-0.1, -0.05) is 35.4 Å². The lowest BCUT2D eigenvalue weighted by Crippen LogP contribution is -2.29. The fraction of sp³-hybridized carbons (Fsp3) is 0.400. The summed E-state index contributed by atoms with van der Waals surface area (Å²) in [5.74, 6) is 1.91. The van der Waals surface area contributed by atoms with E-state index in [1.54, 1.807) is 6.07 Å². The van der Waals surface area contributed by atoms with Gasteiger partial charge in [-0.2, -0.15) is 0 Å². The third-order valence-corrected chi connectivity index (χ3v) is 5.16. The molecule has 0 N–H and O–H groups in total. The molecule has 1 aliphatic heterocycles. The monoisotopic (exact) mass is 293 g/mol. The number of hydrogen-bond acceptors (Lipinski definition) is 1. The largest absolute Gasteiger partial charge is 0.312 e. The molecule has 0 unspecified atom stereocenters. The number of halogens is 2. The minimum Gasteiger partial charge on any atom is -0.312 e. The Morgan fingerprint density at radius 1 is 1.05 bits per heavy atom. The molecular weight excluding hydrogens is 281 g/mol. The van der Waals surface area contributed by atoms with Crippen molar-refractivity contribution in [2.45, 2.75) is 6.42 Å². The van der Waals surface area contributed by atoms with Crippen LogP contribution in [0.1, 0.15) is 6.42 Å². The van der Waals surface area contributed by atoms with Crippen LogP contribution in [0.2, 0.25) is 10.0 Å². The molecule has 98 valence electrons. The molecule has 19 heavy (non-hydrogen) atoms.